The van der Waals surface area contributed by atoms with Crippen LogP contribution in [-0.2, 0) is 4.79 Å². The van der Waals surface area contributed by atoms with Crippen LogP contribution in [0.2, 0.25) is 5.02 Å². The summed E-state index contributed by atoms with van der Waals surface area (Å²) in [5, 5.41) is 10.6. The van der Waals surface area contributed by atoms with Gasteiger partial charge in [-0.1, -0.05) is 17.7 Å². The van der Waals surface area contributed by atoms with E-state index in [-0.39, 0.29) is 52.0 Å². The number of hydrogen-bond acceptors (Lipinski definition) is 5. The van der Waals surface area contributed by atoms with Crippen LogP contribution in [0.3, 0.4) is 0 Å². The van der Waals surface area contributed by atoms with Crippen LogP contribution in [0.5, 0.6) is 5.88 Å². The van der Waals surface area contributed by atoms with Crippen molar-refractivity contribution in [1.82, 2.24) is 9.97 Å². The van der Waals surface area contributed by atoms with E-state index in [0.717, 1.165) is 0 Å². The Balaban J connectivity index is 0.00000261. The maximum absolute atomic E-state index is 13.8. The summed E-state index contributed by atoms with van der Waals surface area (Å²) < 4.78 is 31.9. The molecule has 2 aromatic carbocycles. The summed E-state index contributed by atoms with van der Waals surface area (Å²) in [4.78, 5) is 19.0. The van der Waals surface area contributed by atoms with Gasteiger partial charge in [-0.05, 0) is 36.4 Å². The van der Waals surface area contributed by atoms with E-state index in [9.17, 15) is 18.7 Å². The Morgan fingerprint density at radius 2 is 1.70 bits per heavy atom. The molecule has 3 rings (SSSR count). The number of rotatable bonds is 5. The van der Waals surface area contributed by atoms with Gasteiger partial charge in [0.1, 0.15) is 18.2 Å². The molecule has 3 aromatic rings. The van der Waals surface area contributed by atoms with E-state index < -0.39 is 24.2 Å². The van der Waals surface area contributed by atoms with Crippen molar-refractivity contribution in [3.63, 3.8) is 0 Å². The fourth-order valence-electron chi connectivity index (χ4n) is 2.16. The number of halogens is 3. The van der Waals surface area contributed by atoms with Crippen LogP contribution in [0.25, 0.3) is 22.6 Å². The molecule has 0 aliphatic rings. The van der Waals surface area contributed by atoms with Crippen molar-refractivity contribution in [1.29, 1.82) is 0 Å². The molecule has 9 heteroatoms. The molecule has 27 heavy (non-hydrogen) atoms. The molecule has 0 spiro atoms. The molecule has 132 valence electrons. The zero-order valence-corrected chi connectivity index (χ0v) is 16.8. The van der Waals surface area contributed by atoms with Gasteiger partial charge in [0.15, 0.2) is 5.82 Å². The van der Waals surface area contributed by atoms with Crippen LogP contribution < -0.4 is 39.4 Å². The number of carbonyl (C=O) groups is 1. The topological polar surface area (TPSA) is 75.1 Å². The molecule has 1 aromatic heterocycles. The average Bonchev–Trinajstić information content (AvgIpc) is 2.62. The third kappa shape index (κ3) is 5.46. The van der Waals surface area contributed by atoms with E-state index in [2.05, 4.69) is 9.97 Å². The van der Waals surface area contributed by atoms with Crippen LogP contribution in [-0.4, -0.2) is 22.5 Å². The second-order valence-corrected chi connectivity index (χ2v) is 5.62. The Morgan fingerprint density at radius 3 is 2.33 bits per heavy atom. The standard InChI is InChI=1S/C18H11ClF2N2O3.Na/c19-13-6-3-11(7-14(13)21)15-8-16(26-9-17(24)25)23-18(22-15)10-1-4-12(20)5-2-10;/h1-8H,9H2,(H,24,25);/q;+1/p-1. The Bertz CT molecular complexity index is 971. The van der Waals surface area contributed by atoms with Crippen molar-refractivity contribution in [2.24, 2.45) is 0 Å². The third-order valence-electron chi connectivity index (χ3n) is 3.36. The van der Waals surface area contributed by atoms with Crippen molar-refractivity contribution >= 4 is 17.6 Å². The predicted octanol–water partition coefficient (Wildman–Crippen LogP) is -0.125. The molecule has 0 aliphatic carbocycles. The Morgan fingerprint density at radius 1 is 1.04 bits per heavy atom. The van der Waals surface area contributed by atoms with Crippen LogP contribution in [0.4, 0.5) is 8.78 Å². The zero-order chi connectivity index (χ0) is 18.7. The summed E-state index contributed by atoms with van der Waals surface area (Å²) in [6.45, 7) is -0.714. The van der Waals surface area contributed by atoms with Gasteiger partial charge < -0.3 is 14.6 Å². The molecule has 0 radical (unpaired) electrons. The molecule has 0 saturated carbocycles. The number of aromatic nitrogens is 2. The Hall–Kier alpha value is -2.06. The fraction of sp³-hybridized carbons (Fsp3) is 0.0556. The van der Waals surface area contributed by atoms with Gasteiger partial charge in [0.25, 0.3) is 0 Å². The van der Waals surface area contributed by atoms with Crippen molar-refractivity contribution in [2.75, 3.05) is 6.61 Å². The minimum Gasteiger partial charge on any atom is -0.546 e. The van der Waals surface area contributed by atoms with Crippen LogP contribution in [0.1, 0.15) is 0 Å². The van der Waals surface area contributed by atoms with E-state index >= 15 is 0 Å². The molecular weight excluding hydrogens is 389 g/mol. The first-order valence-electron chi connectivity index (χ1n) is 7.35. The first kappa shape index (κ1) is 21.2. The fourth-order valence-corrected chi connectivity index (χ4v) is 2.28. The van der Waals surface area contributed by atoms with E-state index in [1.165, 1.54) is 42.5 Å². The summed E-state index contributed by atoms with van der Waals surface area (Å²) in [6, 6.07) is 10.8. The van der Waals surface area contributed by atoms with Crippen molar-refractivity contribution < 1.29 is 53.0 Å². The summed E-state index contributed by atoms with van der Waals surface area (Å²) >= 11 is 5.69. The molecule has 0 amide bonds. The number of ether oxygens (including phenoxy) is 1. The van der Waals surface area contributed by atoms with Gasteiger partial charge in [0, 0.05) is 17.2 Å². The number of nitrogens with zero attached hydrogens (tertiary/aromatic N) is 2. The van der Waals surface area contributed by atoms with Crippen LogP contribution >= 0.6 is 11.6 Å². The molecule has 0 atom stereocenters. The van der Waals surface area contributed by atoms with Gasteiger partial charge in [0.2, 0.25) is 5.88 Å². The molecule has 0 fully saturated rings. The molecule has 0 saturated heterocycles. The van der Waals surface area contributed by atoms with Crippen molar-refractivity contribution in [3.05, 3.63) is 65.2 Å². The normalized spacial score (nSPS) is 10.2. The Kier molecular flexibility index (Phi) is 7.26. The van der Waals surface area contributed by atoms with Gasteiger partial charge >= 0.3 is 29.6 Å². The minimum absolute atomic E-state index is 0. The van der Waals surface area contributed by atoms with Gasteiger partial charge in [-0.2, -0.15) is 4.98 Å². The maximum atomic E-state index is 13.8. The minimum atomic E-state index is -1.42. The van der Waals surface area contributed by atoms with Crippen molar-refractivity contribution in [3.8, 4) is 28.5 Å². The van der Waals surface area contributed by atoms with Crippen LogP contribution in [0, 0.1) is 11.6 Å². The maximum Gasteiger partial charge on any atom is 1.00 e. The molecule has 1 heterocycles. The molecule has 0 aliphatic heterocycles. The smallest absolute Gasteiger partial charge is 0.546 e. The first-order valence-corrected chi connectivity index (χ1v) is 7.73. The molecule has 0 unspecified atom stereocenters. The summed E-state index contributed by atoms with van der Waals surface area (Å²) in [5.74, 6) is -2.38. The van der Waals surface area contributed by atoms with Gasteiger partial charge in [-0.3, -0.25) is 0 Å². The SMILES string of the molecule is O=C([O-])COc1cc(-c2ccc(Cl)c(F)c2)nc(-c2ccc(F)cc2)n1.[Na+]. The molecule has 0 N–H and O–H groups in total. The number of carboxylic acids is 1. The summed E-state index contributed by atoms with van der Waals surface area (Å²) in [6.07, 6.45) is 0. The summed E-state index contributed by atoms with van der Waals surface area (Å²) in [7, 11) is 0. The zero-order valence-electron chi connectivity index (χ0n) is 14.1. The Labute approximate surface area is 180 Å². The average molecular weight is 399 g/mol. The molecule has 0 bridgehead atoms. The monoisotopic (exact) mass is 398 g/mol. The van der Waals surface area contributed by atoms with E-state index in [0.29, 0.717) is 11.1 Å². The number of aliphatic carboxylic acids is 1. The van der Waals surface area contributed by atoms with Gasteiger partial charge in [-0.25, -0.2) is 13.8 Å². The first-order chi connectivity index (χ1) is 12.4. The van der Waals surface area contributed by atoms with Gasteiger partial charge in [-0.15, -0.1) is 0 Å². The number of carboxylic acid groups (broad SMARTS) is 1. The van der Waals surface area contributed by atoms with E-state index in [1.807, 2.05) is 0 Å². The second kappa shape index (κ2) is 9.23. The second-order valence-electron chi connectivity index (χ2n) is 5.21. The third-order valence-corrected chi connectivity index (χ3v) is 3.66. The van der Waals surface area contributed by atoms with Crippen molar-refractivity contribution in [2.45, 2.75) is 0 Å². The number of carbonyl (C=O) groups excluding carboxylic acids is 1. The predicted molar refractivity (Wildman–Crippen MR) is 88.3 cm³/mol. The number of hydrogen-bond donors (Lipinski definition) is 0. The summed E-state index contributed by atoms with van der Waals surface area (Å²) in [5.41, 5.74) is 1.14. The van der Waals surface area contributed by atoms with E-state index in [1.54, 1.807) is 6.07 Å². The van der Waals surface area contributed by atoms with E-state index in [4.69, 9.17) is 16.3 Å². The molecular formula is C18H10ClF2N2NaO3. The number of benzene rings is 2. The molecule has 5 nitrogen and oxygen atoms in total. The quantitative estimate of drug-likeness (QED) is 0.560. The van der Waals surface area contributed by atoms with Crippen LogP contribution in [0.15, 0.2) is 48.5 Å². The van der Waals surface area contributed by atoms with Gasteiger partial charge in [0.05, 0.1) is 16.7 Å². The largest absolute Gasteiger partial charge is 1.00 e.